The molecule has 0 unspecified atom stereocenters. The molecule has 1 aliphatic heterocycles. The Hall–Kier alpha value is -2.74. The topological polar surface area (TPSA) is 116 Å². The highest BCUT2D eigenvalue weighted by Crippen LogP contribution is 2.19. The third-order valence-electron chi connectivity index (χ3n) is 3.32. The molecule has 0 aliphatic carbocycles. The van der Waals surface area contributed by atoms with E-state index in [1.807, 2.05) is 31.2 Å². The van der Waals surface area contributed by atoms with E-state index in [1.54, 1.807) is 0 Å². The molecule has 3 rings (SSSR count). The van der Waals surface area contributed by atoms with Gasteiger partial charge in [0.25, 0.3) is 0 Å². The fourth-order valence-corrected chi connectivity index (χ4v) is 2.26. The number of aryl methyl sites for hydroxylation is 1. The number of fused-ring (bicyclic) bond motifs is 1. The average Bonchev–Trinajstić information content (AvgIpc) is 2.55. The van der Waals surface area contributed by atoms with Gasteiger partial charge in [-0.1, -0.05) is 12.1 Å². The molecule has 8 heteroatoms. The van der Waals surface area contributed by atoms with Gasteiger partial charge in [0, 0.05) is 26.2 Å². The zero-order valence-corrected chi connectivity index (χ0v) is 12.7. The maximum atomic E-state index is 9.10. The van der Waals surface area contributed by atoms with E-state index in [1.165, 1.54) is 0 Å². The van der Waals surface area contributed by atoms with E-state index in [9.17, 15) is 0 Å². The van der Waals surface area contributed by atoms with Gasteiger partial charge in [-0.15, -0.1) is 0 Å². The van der Waals surface area contributed by atoms with Crippen LogP contribution >= 0.6 is 0 Å². The Bertz CT molecular complexity index is 702. The van der Waals surface area contributed by atoms with Gasteiger partial charge in [-0.05, 0) is 19.1 Å². The number of carboxylic acids is 2. The van der Waals surface area contributed by atoms with Crippen LogP contribution in [-0.4, -0.2) is 58.3 Å². The van der Waals surface area contributed by atoms with Crippen LogP contribution in [0.2, 0.25) is 0 Å². The number of nitrogens with zero attached hydrogens (tertiary/aromatic N) is 3. The number of aromatic nitrogens is 2. The first kappa shape index (κ1) is 16.6. The highest BCUT2D eigenvalue weighted by Gasteiger charge is 2.15. The second kappa shape index (κ2) is 7.50. The van der Waals surface area contributed by atoms with Crippen LogP contribution in [0.15, 0.2) is 24.3 Å². The first-order valence-corrected chi connectivity index (χ1v) is 7.14. The molecule has 0 saturated carbocycles. The van der Waals surface area contributed by atoms with Crippen molar-refractivity contribution >= 4 is 28.8 Å². The van der Waals surface area contributed by atoms with Crippen LogP contribution in [0.4, 0.5) is 5.82 Å². The Balaban J connectivity index is 0.000000277. The van der Waals surface area contributed by atoms with E-state index in [0.717, 1.165) is 48.7 Å². The van der Waals surface area contributed by atoms with Gasteiger partial charge in [-0.25, -0.2) is 19.6 Å². The summed E-state index contributed by atoms with van der Waals surface area (Å²) in [5, 5.41) is 18.1. The molecule has 8 nitrogen and oxygen atoms in total. The van der Waals surface area contributed by atoms with E-state index in [2.05, 4.69) is 15.2 Å². The van der Waals surface area contributed by atoms with Crippen molar-refractivity contribution in [3.05, 3.63) is 30.0 Å². The Labute approximate surface area is 132 Å². The van der Waals surface area contributed by atoms with Crippen molar-refractivity contribution in [1.29, 1.82) is 0 Å². The Morgan fingerprint density at radius 1 is 1.04 bits per heavy atom. The van der Waals surface area contributed by atoms with Gasteiger partial charge in [-0.3, -0.25) is 0 Å². The van der Waals surface area contributed by atoms with Gasteiger partial charge in [0.1, 0.15) is 0 Å². The molecule has 0 spiro atoms. The van der Waals surface area contributed by atoms with Crippen LogP contribution in [-0.2, 0) is 9.59 Å². The zero-order valence-electron chi connectivity index (χ0n) is 12.7. The lowest BCUT2D eigenvalue weighted by molar-refractivity contribution is -0.159. The predicted octanol–water partition coefficient (Wildman–Crippen LogP) is 0.503. The van der Waals surface area contributed by atoms with E-state index >= 15 is 0 Å². The van der Waals surface area contributed by atoms with Crippen LogP contribution in [0.1, 0.15) is 5.69 Å². The van der Waals surface area contributed by atoms with Crippen molar-refractivity contribution in [1.82, 2.24) is 15.3 Å². The summed E-state index contributed by atoms with van der Waals surface area (Å²) in [7, 11) is 0. The van der Waals surface area contributed by atoms with Crippen LogP contribution in [0.3, 0.4) is 0 Å². The minimum Gasteiger partial charge on any atom is -0.473 e. The second-order valence-electron chi connectivity index (χ2n) is 4.97. The molecule has 1 fully saturated rings. The summed E-state index contributed by atoms with van der Waals surface area (Å²) in [4.78, 5) is 29.9. The van der Waals surface area contributed by atoms with Gasteiger partial charge in [0.05, 0.1) is 16.7 Å². The molecule has 3 N–H and O–H groups in total. The van der Waals surface area contributed by atoms with Crippen molar-refractivity contribution in [3.63, 3.8) is 0 Å². The molecule has 0 atom stereocenters. The molecule has 1 aromatic heterocycles. The van der Waals surface area contributed by atoms with Gasteiger partial charge < -0.3 is 20.4 Å². The van der Waals surface area contributed by atoms with Crippen molar-refractivity contribution in [2.24, 2.45) is 0 Å². The second-order valence-corrected chi connectivity index (χ2v) is 4.97. The fraction of sp³-hybridized carbons (Fsp3) is 0.333. The normalized spacial score (nSPS) is 14.0. The number of anilines is 1. The maximum Gasteiger partial charge on any atom is 0.414 e. The highest BCUT2D eigenvalue weighted by molar-refractivity contribution is 6.27. The fourth-order valence-electron chi connectivity index (χ4n) is 2.26. The van der Waals surface area contributed by atoms with E-state index in [-0.39, 0.29) is 0 Å². The van der Waals surface area contributed by atoms with Gasteiger partial charge >= 0.3 is 11.9 Å². The lowest BCUT2D eigenvalue weighted by Crippen LogP contribution is -2.44. The first-order valence-electron chi connectivity index (χ1n) is 7.14. The standard InChI is InChI=1S/C13H16N4.C2H2O4/c1-10-13(17-8-6-14-7-9-17)16-12-5-3-2-4-11(12)15-10;3-1(4)2(5)6/h2-5,14H,6-9H2,1H3;(H,3,4)(H,5,6). The van der Waals surface area contributed by atoms with Crippen molar-refractivity contribution in [2.75, 3.05) is 31.1 Å². The summed E-state index contributed by atoms with van der Waals surface area (Å²) in [6, 6.07) is 8.04. The summed E-state index contributed by atoms with van der Waals surface area (Å²) >= 11 is 0. The number of hydrogen-bond acceptors (Lipinski definition) is 6. The molecule has 2 heterocycles. The minimum absolute atomic E-state index is 0.976. The summed E-state index contributed by atoms with van der Waals surface area (Å²) in [6.07, 6.45) is 0. The molecule has 0 bridgehead atoms. The third kappa shape index (κ3) is 4.36. The quantitative estimate of drug-likeness (QED) is 0.651. The summed E-state index contributed by atoms with van der Waals surface area (Å²) < 4.78 is 0. The SMILES string of the molecule is Cc1nc2ccccc2nc1N1CCNCC1.O=C(O)C(=O)O. The molecule has 0 amide bonds. The predicted molar refractivity (Wildman–Crippen MR) is 84.6 cm³/mol. The summed E-state index contributed by atoms with van der Waals surface area (Å²) in [5.41, 5.74) is 2.97. The molecular weight excluding hydrogens is 300 g/mol. The largest absolute Gasteiger partial charge is 0.473 e. The number of carbonyl (C=O) groups is 2. The highest BCUT2D eigenvalue weighted by atomic mass is 16.4. The van der Waals surface area contributed by atoms with Crippen molar-refractivity contribution < 1.29 is 19.8 Å². The summed E-state index contributed by atoms with van der Waals surface area (Å²) in [5.74, 6) is -2.62. The molecule has 1 aliphatic rings. The molecule has 23 heavy (non-hydrogen) atoms. The number of carboxylic acid groups (broad SMARTS) is 2. The summed E-state index contributed by atoms with van der Waals surface area (Å²) in [6.45, 7) is 6.10. The number of hydrogen-bond donors (Lipinski definition) is 3. The number of nitrogens with one attached hydrogen (secondary N) is 1. The first-order chi connectivity index (χ1) is 11.0. The van der Waals surface area contributed by atoms with Gasteiger partial charge in [-0.2, -0.15) is 0 Å². The van der Waals surface area contributed by atoms with Crippen LogP contribution in [0.25, 0.3) is 11.0 Å². The number of aliphatic carboxylic acids is 2. The molecule has 0 radical (unpaired) electrons. The van der Waals surface area contributed by atoms with E-state index in [4.69, 9.17) is 24.8 Å². The molecule has 1 aromatic carbocycles. The zero-order chi connectivity index (χ0) is 16.8. The Morgan fingerprint density at radius 3 is 2.09 bits per heavy atom. The Morgan fingerprint density at radius 2 is 1.57 bits per heavy atom. The number of benzene rings is 1. The Kier molecular flexibility index (Phi) is 5.42. The number of piperazine rings is 1. The smallest absolute Gasteiger partial charge is 0.414 e. The molecular formula is C15H18N4O4. The molecule has 1 saturated heterocycles. The molecule has 122 valence electrons. The van der Waals surface area contributed by atoms with Crippen molar-refractivity contribution in [3.8, 4) is 0 Å². The molecule has 2 aromatic rings. The van der Waals surface area contributed by atoms with E-state index < -0.39 is 11.9 Å². The van der Waals surface area contributed by atoms with Crippen LogP contribution in [0.5, 0.6) is 0 Å². The van der Waals surface area contributed by atoms with Gasteiger partial charge in [0.2, 0.25) is 0 Å². The van der Waals surface area contributed by atoms with Crippen LogP contribution in [0, 0.1) is 6.92 Å². The number of rotatable bonds is 1. The lowest BCUT2D eigenvalue weighted by Gasteiger charge is -2.29. The minimum atomic E-state index is -1.82. The van der Waals surface area contributed by atoms with E-state index in [0.29, 0.717) is 0 Å². The van der Waals surface area contributed by atoms with Crippen LogP contribution < -0.4 is 10.2 Å². The van der Waals surface area contributed by atoms with Crippen molar-refractivity contribution in [2.45, 2.75) is 6.92 Å². The lowest BCUT2D eigenvalue weighted by atomic mass is 10.2. The number of para-hydroxylation sites is 2. The third-order valence-corrected chi connectivity index (χ3v) is 3.32. The average molecular weight is 318 g/mol. The maximum absolute atomic E-state index is 9.10. The van der Waals surface area contributed by atoms with Gasteiger partial charge in [0.15, 0.2) is 5.82 Å². The monoisotopic (exact) mass is 318 g/mol.